The van der Waals surface area contributed by atoms with Gasteiger partial charge in [0, 0.05) is 13.1 Å². The second-order valence-electron chi connectivity index (χ2n) is 6.79. The molecule has 1 saturated heterocycles. The first-order valence-electron chi connectivity index (χ1n) is 6.22. The molecule has 0 amide bonds. The average molecular weight is 279 g/mol. The Hall–Kier alpha value is -0.170. The van der Waals surface area contributed by atoms with E-state index < -0.39 is 21.7 Å². The number of rotatable bonds is 3. The van der Waals surface area contributed by atoms with Gasteiger partial charge in [0.2, 0.25) is 10.0 Å². The summed E-state index contributed by atoms with van der Waals surface area (Å²) < 4.78 is 31.7. The van der Waals surface area contributed by atoms with Gasteiger partial charge in [0.1, 0.15) is 0 Å². The zero-order chi connectivity index (χ0) is 14.2. The SMILES string of the molecule is CC(C)(C)CS(=O)(=O)N1CC(CO)OC(C)(C)C1. The van der Waals surface area contributed by atoms with E-state index in [2.05, 4.69) is 0 Å². The third-order valence-corrected chi connectivity index (χ3v) is 4.96. The summed E-state index contributed by atoms with van der Waals surface area (Å²) in [6.45, 7) is 9.80. The smallest absolute Gasteiger partial charge is 0.214 e. The minimum atomic E-state index is -3.31. The highest BCUT2D eigenvalue weighted by atomic mass is 32.2. The predicted octanol–water partition coefficient (Wildman–Crippen LogP) is 0.834. The fourth-order valence-corrected chi connectivity index (χ4v) is 4.37. The molecule has 1 atom stereocenters. The molecule has 1 aliphatic heterocycles. The molecule has 0 spiro atoms. The van der Waals surface area contributed by atoms with Crippen molar-refractivity contribution in [2.45, 2.75) is 46.3 Å². The molecule has 0 aromatic carbocycles. The molecule has 0 saturated carbocycles. The van der Waals surface area contributed by atoms with Crippen LogP contribution in [-0.2, 0) is 14.8 Å². The maximum absolute atomic E-state index is 12.3. The molecule has 1 N–H and O–H groups in total. The normalized spacial score (nSPS) is 26.2. The van der Waals surface area contributed by atoms with Crippen molar-refractivity contribution in [2.24, 2.45) is 5.41 Å². The van der Waals surface area contributed by atoms with Crippen LogP contribution >= 0.6 is 0 Å². The van der Waals surface area contributed by atoms with Gasteiger partial charge in [0.25, 0.3) is 0 Å². The van der Waals surface area contributed by atoms with E-state index in [-0.39, 0.29) is 24.3 Å². The number of aliphatic hydroxyl groups is 1. The van der Waals surface area contributed by atoms with Crippen LogP contribution in [0, 0.1) is 5.41 Å². The summed E-state index contributed by atoms with van der Waals surface area (Å²) >= 11 is 0. The molecule has 0 bridgehead atoms. The Morgan fingerprint density at radius 1 is 1.39 bits per heavy atom. The van der Waals surface area contributed by atoms with E-state index in [0.717, 1.165) is 0 Å². The van der Waals surface area contributed by atoms with E-state index in [1.54, 1.807) is 0 Å². The summed E-state index contributed by atoms with van der Waals surface area (Å²) in [6, 6.07) is 0. The second kappa shape index (κ2) is 5.07. The highest BCUT2D eigenvalue weighted by molar-refractivity contribution is 7.89. The molecule has 1 heterocycles. The molecular weight excluding hydrogens is 254 g/mol. The van der Waals surface area contributed by atoms with Crippen LogP contribution in [0.4, 0.5) is 0 Å². The van der Waals surface area contributed by atoms with Crippen LogP contribution in [0.3, 0.4) is 0 Å². The Balaban J connectivity index is 2.88. The zero-order valence-electron chi connectivity index (χ0n) is 11.9. The third kappa shape index (κ3) is 4.50. The number of nitrogens with zero attached hydrogens (tertiary/aromatic N) is 1. The summed E-state index contributed by atoms with van der Waals surface area (Å²) in [5.74, 6) is 0.105. The third-order valence-electron chi connectivity index (χ3n) is 2.66. The van der Waals surface area contributed by atoms with Gasteiger partial charge >= 0.3 is 0 Å². The summed E-state index contributed by atoms with van der Waals surface area (Å²) in [5, 5.41) is 9.19. The van der Waals surface area contributed by atoms with E-state index in [9.17, 15) is 13.5 Å². The summed E-state index contributed by atoms with van der Waals surface area (Å²) in [5.41, 5.74) is -0.841. The van der Waals surface area contributed by atoms with Crippen LogP contribution in [0.25, 0.3) is 0 Å². The summed E-state index contributed by atoms with van der Waals surface area (Å²) in [6.07, 6.45) is -0.441. The van der Waals surface area contributed by atoms with Crippen molar-refractivity contribution in [1.29, 1.82) is 0 Å². The molecule has 5 nitrogen and oxygen atoms in total. The van der Waals surface area contributed by atoms with Gasteiger partial charge in [0.15, 0.2) is 0 Å². The Morgan fingerprint density at radius 2 is 1.94 bits per heavy atom. The number of hydrogen-bond acceptors (Lipinski definition) is 4. The van der Waals surface area contributed by atoms with Crippen molar-refractivity contribution >= 4 is 10.0 Å². The summed E-state index contributed by atoms with van der Waals surface area (Å²) in [7, 11) is -3.31. The van der Waals surface area contributed by atoms with Gasteiger partial charge in [-0.3, -0.25) is 0 Å². The van der Waals surface area contributed by atoms with Crippen molar-refractivity contribution in [1.82, 2.24) is 4.31 Å². The molecule has 1 rings (SSSR count). The van der Waals surface area contributed by atoms with Gasteiger partial charge in [-0.1, -0.05) is 20.8 Å². The van der Waals surface area contributed by atoms with E-state index in [4.69, 9.17) is 4.74 Å². The maximum atomic E-state index is 12.3. The Labute approximate surface area is 110 Å². The predicted molar refractivity (Wildman–Crippen MR) is 70.9 cm³/mol. The molecule has 0 aliphatic carbocycles. The van der Waals surface area contributed by atoms with Gasteiger partial charge < -0.3 is 9.84 Å². The molecule has 18 heavy (non-hydrogen) atoms. The molecular formula is C12H25NO4S. The monoisotopic (exact) mass is 279 g/mol. The fourth-order valence-electron chi connectivity index (χ4n) is 2.19. The number of morpholine rings is 1. The van der Waals surface area contributed by atoms with E-state index in [1.165, 1.54) is 4.31 Å². The molecule has 1 fully saturated rings. The number of aliphatic hydroxyl groups excluding tert-OH is 1. The molecule has 0 radical (unpaired) electrons. The van der Waals surface area contributed by atoms with Gasteiger partial charge in [-0.05, 0) is 19.3 Å². The van der Waals surface area contributed by atoms with Gasteiger partial charge in [-0.25, -0.2) is 8.42 Å². The van der Waals surface area contributed by atoms with Gasteiger partial charge in [-0.2, -0.15) is 4.31 Å². The Bertz CT molecular complexity index is 383. The van der Waals surface area contributed by atoms with Crippen LogP contribution in [0.15, 0.2) is 0 Å². The number of ether oxygens (including phenoxy) is 1. The highest BCUT2D eigenvalue weighted by Crippen LogP contribution is 2.26. The molecule has 108 valence electrons. The van der Waals surface area contributed by atoms with Crippen molar-refractivity contribution in [3.05, 3.63) is 0 Å². The minimum absolute atomic E-state index is 0.105. The van der Waals surface area contributed by atoms with Crippen molar-refractivity contribution in [3.63, 3.8) is 0 Å². The Kier molecular flexibility index (Phi) is 4.48. The van der Waals surface area contributed by atoms with Crippen LogP contribution in [0.5, 0.6) is 0 Å². The van der Waals surface area contributed by atoms with Crippen LogP contribution < -0.4 is 0 Å². The second-order valence-corrected chi connectivity index (χ2v) is 8.76. The topological polar surface area (TPSA) is 66.8 Å². The van der Waals surface area contributed by atoms with Crippen LogP contribution in [0.1, 0.15) is 34.6 Å². The first-order valence-corrected chi connectivity index (χ1v) is 7.83. The average Bonchev–Trinajstić information content (AvgIpc) is 2.11. The summed E-state index contributed by atoms with van der Waals surface area (Å²) in [4.78, 5) is 0. The van der Waals surface area contributed by atoms with Crippen LogP contribution in [-0.4, -0.2) is 55.0 Å². The zero-order valence-corrected chi connectivity index (χ0v) is 12.7. The van der Waals surface area contributed by atoms with Crippen molar-refractivity contribution < 1.29 is 18.3 Å². The lowest BCUT2D eigenvalue weighted by atomic mass is 10.0. The molecule has 0 aromatic rings. The van der Waals surface area contributed by atoms with E-state index in [1.807, 2.05) is 34.6 Å². The fraction of sp³-hybridized carbons (Fsp3) is 1.00. The highest BCUT2D eigenvalue weighted by Gasteiger charge is 2.39. The molecule has 0 aromatic heterocycles. The van der Waals surface area contributed by atoms with Crippen molar-refractivity contribution in [3.8, 4) is 0 Å². The lowest BCUT2D eigenvalue weighted by Crippen LogP contribution is -2.56. The maximum Gasteiger partial charge on any atom is 0.214 e. The largest absolute Gasteiger partial charge is 0.394 e. The number of hydrogen-bond donors (Lipinski definition) is 1. The standard InChI is InChI=1S/C12H25NO4S/c1-11(2,3)9-18(15,16)13-6-10(7-14)17-12(4,5)8-13/h10,14H,6-9H2,1-5H3. The molecule has 1 aliphatic rings. The van der Waals surface area contributed by atoms with Crippen LogP contribution in [0.2, 0.25) is 0 Å². The van der Waals surface area contributed by atoms with Gasteiger partial charge in [0.05, 0.1) is 24.1 Å². The minimum Gasteiger partial charge on any atom is -0.394 e. The van der Waals surface area contributed by atoms with Crippen molar-refractivity contribution in [2.75, 3.05) is 25.4 Å². The number of sulfonamides is 1. The van der Waals surface area contributed by atoms with E-state index >= 15 is 0 Å². The quantitative estimate of drug-likeness (QED) is 0.831. The lowest BCUT2D eigenvalue weighted by molar-refractivity contribution is -0.131. The lowest BCUT2D eigenvalue weighted by Gasteiger charge is -2.42. The van der Waals surface area contributed by atoms with E-state index in [0.29, 0.717) is 6.54 Å². The first-order chi connectivity index (χ1) is 7.95. The first kappa shape index (κ1) is 15.9. The molecule has 6 heteroatoms. The molecule has 1 unspecified atom stereocenters. The van der Waals surface area contributed by atoms with Gasteiger partial charge in [-0.15, -0.1) is 0 Å². The Morgan fingerprint density at radius 3 is 2.39 bits per heavy atom.